The molecule has 0 aliphatic heterocycles. The number of rotatable bonds is 6. The molecule has 1 nitrogen and oxygen atoms in total. The van der Waals surface area contributed by atoms with Gasteiger partial charge in [-0.3, -0.25) is 0 Å². The fraction of sp³-hybridized carbons (Fsp3) is 0.571. The number of benzene rings is 1. The predicted octanol–water partition coefficient (Wildman–Crippen LogP) is 3.56. The Hall–Kier alpha value is -0.890. The van der Waals surface area contributed by atoms with Crippen molar-refractivity contribution in [1.29, 1.82) is 0 Å². The molecule has 0 spiro atoms. The second-order valence-corrected chi connectivity index (χ2v) is 4.62. The molecule has 0 saturated heterocycles. The van der Waals surface area contributed by atoms with Crippen molar-refractivity contribution in [2.45, 2.75) is 45.6 Å². The molecule has 0 aliphatic carbocycles. The molecule has 0 aliphatic rings. The van der Waals surface area contributed by atoms with Gasteiger partial charge in [-0.05, 0) is 36.5 Å². The van der Waals surface area contributed by atoms with Gasteiger partial charge in [0.05, 0.1) is 6.10 Å². The molecule has 1 aromatic carbocycles. The largest absolute Gasteiger partial charge is 0.393 e. The summed E-state index contributed by atoms with van der Waals surface area (Å²) in [7, 11) is 0. The third-order valence-corrected chi connectivity index (χ3v) is 2.82. The van der Waals surface area contributed by atoms with Gasteiger partial charge < -0.3 is 5.11 Å². The van der Waals surface area contributed by atoms with E-state index in [1.54, 1.807) is 6.07 Å². The first-order chi connectivity index (χ1) is 7.61. The van der Waals surface area contributed by atoms with Crippen LogP contribution in [-0.2, 0) is 6.42 Å². The van der Waals surface area contributed by atoms with Crippen molar-refractivity contribution in [2.75, 3.05) is 0 Å². The maximum Gasteiger partial charge on any atom is 0.123 e. The molecule has 0 bridgehead atoms. The molecule has 2 unspecified atom stereocenters. The lowest BCUT2D eigenvalue weighted by Crippen LogP contribution is -2.14. The summed E-state index contributed by atoms with van der Waals surface area (Å²) in [5, 5.41) is 9.87. The Bertz CT molecular complexity index is 311. The minimum atomic E-state index is -0.358. The molecule has 90 valence electrons. The zero-order chi connectivity index (χ0) is 12.0. The number of hydrogen-bond acceptors (Lipinski definition) is 1. The highest BCUT2D eigenvalue weighted by atomic mass is 19.1. The standard InChI is InChI=1S/C14H21FO/c1-3-5-11(2)8-14(16)10-12-6-4-7-13(15)9-12/h4,6-7,9,11,14,16H,3,5,8,10H2,1-2H3. The van der Waals surface area contributed by atoms with Crippen LogP contribution < -0.4 is 0 Å². The van der Waals surface area contributed by atoms with E-state index in [2.05, 4.69) is 13.8 Å². The quantitative estimate of drug-likeness (QED) is 0.783. The van der Waals surface area contributed by atoms with E-state index in [0.29, 0.717) is 12.3 Å². The van der Waals surface area contributed by atoms with Crippen LogP contribution in [0.5, 0.6) is 0 Å². The summed E-state index contributed by atoms with van der Waals surface area (Å²) in [5.74, 6) is 0.305. The molecule has 1 rings (SSSR count). The highest BCUT2D eigenvalue weighted by molar-refractivity contribution is 5.17. The third-order valence-electron chi connectivity index (χ3n) is 2.82. The van der Waals surface area contributed by atoms with Crippen molar-refractivity contribution in [3.63, 3.8) is 0 Å². The van der Waals surface area contributed by atoms with E-state index in [4.69, 9.17) is 0 Å². The zero-order valence-electron chi connectivity index (χ0n) is 10.1. The normalized spacial score (nSPS) is 14.8. The van der Waals surface area contributed by atoms with Gasteiger partial charge in [0, 0.05) is 0 Å². The lowest BCUT2D eigenvalue weighted by Gasteiger charge is -2.15. The first kappa shape index (κ1) is 13.2. The molecule has 0 aromatic heterocycles. The van der Waals surface area contributed by atoms with Crippen LogP contribution in [0.25, 0.3) is 0 Å². The van der Waals surface area contributed by atoms with Gasteiger partial charge in [0.25, 0.3) is 0 Å². The summed E-state index contributed by atoms with van der Waals surface area (Å²) in [6.45, 7) is 4.30. The van der Waals surface area contributed by atoms with E-state index in [1.165, 1.54) is 12.1 Å². The summed E-state index contributed by atoms with van der Waals surface area (Å²) in [6, 6.07) is 6.47. The van der Waals surface area contributed by atoms with E-state index >= 15 is 0 Å². The molecule has 0 amide bonds. The summed E-state index contributed by atoms with van der Waals surface area (Å²) in [4.78, 5) is 0. The SMILES string of the molecule is CCCC(C)CC(O)Cc1cccc(F)c1. The average Bonchev–Trinajstić information content (AvgIpc) is 2.17. The maximum absolute atomic E-state index is 12.9. The fourth-order valence-corrected chi connectivity index (χ4v) is 2.09. The Labute approximate surface area is 97.3 Å². The summed E-state index contributed by atoms with van der Waals surface area (Å²) < 4.78 is 12.9. The minimum Gasteiger partial charge on any atom is -0.393 e. The number of aliphatic hydroxyl groups excluding tert-OH is 1. The molecule has 2 heteroatoms. The van der Waals surface area contributed by atoms with Crippen LogP contribution in [-0.4, -0.2) is 11.2 Å². The van der Waals surface area contributed by atoms with E-state index in [-0.39, 0.29) is 11.9 Å². The Morgan fingerprint density at radius 3 is 2.75 bits per heavy atom. The fourth-order valence-electron chi connectivity index (χ4n) is 2.09. The van der Waals surface area contributed by atoms with Crippen molar-refractivity contribution in [2.24, 2.45) is 5.92 Å². The molecule has 0 fully saturated rings. The highest BCUT2D eigenvalue weighted by Gasteiger charge is 2.10. The first-order valence-electron chi connectivity index (χ1n) is 6.04. The Kier molecular flexibility index (Phi) is 5.47. The van der Waals surface area contributed by atoms with Crippen molar-refractivity contribution in [3.8, 4) is 0 Å². The van der Waals surface area contributed by atoms with Crippen LogP contribution in [0, 0.1) is 11.7 Å². The first-order valence-corrected chi connectivity index (χ1v) is 6.04. The maximum atomic E-state index is 12.9. The molecule has 2 atom stereocenters. The molecule has 16 heavy (non-hydrogen) atoms. The average molecular weight is 224 g/mol. The van der Waals surface area contributed by atoms with Crippen LogP contribution in [0.15, 0.2) is 24.3 Å². The Morgan fingerprint density at radius 1 is 1.38 bits per heavy atom. The van der Waals surface area contributed by atoms with Crippen molar-refractivity contribution in [1.82, 2.24) is 0 Å². The van der Waals surface area contributed by atoms with Gasteiger partial charge >= 0.3 is 0 Å². The van der Waals surface area contributed by atoms with Gasteiger partial charge in [0.15, 0.2) is 0 Å². The van der Waals surface area contributed by atoms with Crippen molar-refractivity contribution >= 4 is 0 Å². The van der Waals surface area contributed by atoms with Gasteiger partial charge in [-0.2, -0.15) is 0 Å². The molecular weight excluding hydrogens is 203 g/mol. The second-order valence-electron chi connectivity index (χ2n) is 4.62. The minimum absolute atomic E-state index is 0.230. The summed E-state index contributed by atoms with van der Waals surface area (Å²) in [5.41, 5.74) is 0.871. The van der Waals surface area contributed by atoms with Crippen molar-refractivity contribution < 1.29 is 9.50 Å². The number of aliphatic hydroxyl groups is 1. The van der Waals surface area contributed by atoms with Crippen LogP contribution in [0.2, 0.25) is 0 Å². The number of halogens is 1. The predicted molar refractivity (Wildman–Crippen MR) is 64.8 cm³/mol. The lowest BCUT2D eigenvalue weighted by molar-refractivity contribution is 0.143. The zero-order valence-corrected chi connectivity index (χ0v) is 10.1. The van der Waals surface area contributed by atoms with Gasteiger partial charge in [0.1, 0.15) is 5.82 Å². The third kappa shape index (κ3) is 4.75. The van der Waals surface area contributed by atoms with Gasteiger partial charge in [0.2, 0.25) is 0 Å². The second kappa shape index (κ2) is 6.64. The summed E-state index contributed by atoms with van der Waals surface area (Å²) >= 11 is 0. The molecule has 1 aromatic rings. The molecule has 1 N–H and O–H groups in total. The lowest BCUT2D eigenvalue weighted by atomic mass is 9.95. The van der Waals surface area contributed by atoms with E-state index in [0.717, 1.165) is 24.8 Å². The Morgan fingerprint density at radius 2 is 2.12 bits per heavy atom. The van der Waals surface area contributed by atoms with E-state index in [9.17, 15) is 9.50 Å². The molecule has 0 heterocycles. The van der Waals surface area contributed by atoms with E-state index < -0.39 is 0 Å². The topological polar surface area (TPSA) is 20.2 Å². The number of hydrogen-bond donors (Lipinski definition) is 1. The van der Waals surface area contributed by atoms with Crippen molar-refractivity contribution in [3.05, 3.63) is 35.6 Å². The smallest absolute Gasteiger partial charge is 0.123 e. The van der Waals surface area contributed by atoms with E-state index in [1.807, 2.05) is 6.07 Å². The monoisotopic (exact) mass is 224 g/mol. The van der Waals surface area contributed by atoms with Crippen LogP contribution in [0.1, 0.15) is 38.7 Å². The van der Waals surface area contributed by atoms with Crippen LogP contribution >= 0.6 is 0 Å². The molecule has 0 radical (unpaired) electrons. The summed E-state index contributed by atoms with van der Waals surface area (Å²) in [6.07, 6.45) is 3.27. The molecule has 0 saturated carbocycles. The van der Waals surface area contributed by atoms with Crippen LogP contribution in [0.3, 0.4) is 0 Å². The van der Waals surface area contributed by atoms with Crippen LogP contribution in [0.4, 0.5) is 4.39 Å². The van der Waals surface area contributed by atoms with Gasteiger partial charge in [-0.25, -0.2) is 4.39 Å². The molecular formula is C14H21FO. The van der Waals surface area contributed by atoms with Gasteiger partial charge in [-0.1, -0.05) is 38.8 Å². The Balaban J connectivity index is 2.42. The van der Waals surface area contributed by atoms with Gasteiger partial charge in [-0.15, -0.1) is 0 Å². The highest BCUT2D eigenvalue weighted by Crippen LogP contribution is 2.16.